The van der Waals surface area contributed by atoms with Crippen molar-refractivity contribution >= 4 is 0 Å². The summed E-state index contributed by atoms with van der Waals surface area (Å²) in [7, 11) is 0. The van der Waals surface area contributed by atoms with Gasteiger partial charge in [0.2, 0.25) is 0 Å². The summed E-state index contributed by atoms with van der Waals surface area (Å²) in [4.78, 5) is 6.78. The second-order valence-electron chi connectivity index (χ2n) is 6.39. The highest BCUT2D eigenvalue weighted by molar-refractivity contribution is 5.21. The van der Waals surface area contributed by atoms with E-state index in [2.05, 4.69) is 53.2 Å². The number of hydrogen-bond donors (Lipinski definition) is 0. The lowest BCUT2D eigenvalue weighted by Crippen LogP contribution is -2.43. The molecule has 0 amide bonds. The molecule has 1 saturated heterocycles. The predicted octanol–water partition coefficient (Wildman–Crippen LogP) is 3.27. The molecule has 0 aliphatic carbocycles. The van der Waals surface area contributed by atoms with Crippen LogP contribution in [-0.2, 0) is 17.6 Å². The Balaban J connectivity index is 1.44. The van der Waals surface area contributed by atoms with E-state index in [1.165, 1.54) is 23.1 Å². The van der Waals surface area contributed by atoms with Crippen LogP contribution in [0.5, 0.6) is 0 Å². The quantitative estimate of drug-likeness (QED) is 0.819. The molecular formula is C20H26N2O. The van der Waals surface area contributed by atoms with Crippen LogP contribution in [0.3, 0.4) is 0 Å². The maximum atomic E-state index is 5.94. The average Bonchev–Trinajstić information content (AvgIpc) is 2.58. The number of rotatable bonds is 6. The van der Waals surface area contributed by atoms with Gasteiger partial charge in [-0.3, -0.25) is 9.88 Å². The third-order valence-corrected chi connectivity index (χ3v) is 4.60. The zero-order chi connectivity index (χ0) is 15.9. The Bertz CT molecular complexity index is 600. The molecule has 1 aromatic carbocycles. The van der Waals surface area contributed by atoms with E-state index in [0.29, 0.717) is 6.10 Å². The molecule has 2 aromatic rings. The van der Waals surface area contributed by atoms with E-state index in [9.17, 15) is 0 Å². The Hall–Kier alpha value is -1.71. The molecule has 23 heavy (non-hydrogen) atoms. The van der Waals surface area contributed by atoms with Gasteiger partial charge in [0.05, 0.1) is 12.7 Å². The third kappa shape index (κ3) is 4.88. The highest BCUT2D eigenvalue weighted by Gasteiger charge is 2.20. The first-order valence-electron chi connectivity index (χ1n) is 8.58. The molecule has 0 saturated carbocycles. The lowest BCUT2D eigenvalue weighted by molar-refractivity contribution is -0.0277. The van der Waals surface area contributed by atoms with E-state index in [1.54, 1.807) is 0 Å². The molecule has 3 heteroatoms. The molecule has 0 bridgehead atoms. The normalized spacial score (nSPS) is 18.9. The van der Waals surface area contributed by atoms with Crippen molar-refractivity contribution in [1.82, 2.24) is 9.88 Å². The van der Waals surface area contributed by atoms with Gasteiger partial charge in [-0.15, -0.1) is 0 Å². The molecule has 0 radical (unpaired) electrons. The molecule has 0 spiro atoms. The number of nitrogens with zero attached hydrogens (tertiary/aromatic N) is 2. The minimum atomic E-state index is 0.325. The number of pyridine rings is 1. The standard InChI is InChI=1S/C20H26N2O/c1-17-9-10-21-15-19(17)8-5-11-22-12-13-23-20(16-22)14-18-6-3-2-4-7-18/h2-4,6-7,9-10,15,20H,5,8,11-14,16H2,1H3. The van der Waals surface area contributed by atoms with Crippen molar-refractivity contribution in [2.45, 2.75) is 32.3 Å². The van der Waals surface area contributed by atoms with E-state index in [4.69, 9.17) is 4.74 Å². The number of benzene rings is 1. The molecule has 1 aromatic heterocycles. The monoisotopic (exact) mass is 310 g/mol. The molecule has 122 valence electrons. The van der Waals surface area contributed by atoms with Gasteiger partial charge in [-0.25, -0.2) is 0 Å². The van der Waals surface area contributed by atoms with Crippen molar-refractivity contribution in [3.8, 4) is 0 Å². The van der Waals surface area contributed by atoms with Crippen LogP contribution >= 0.6 is 0 Å². The van der Waals surface area contributed by atoms with Crippen molar-refractivity contribution < 1.29 is 4.74 Å². The van der Waals surface area contributed by atoms with Gasteiger partial charge < -0.3 is 4.74 Å². The molecule has 3 nitrogen and oxygen atoms in total. The van der Waals surface area contributed by atoms with E-state index < -0.39 is 0 Å². The van der Waals surface area contributed by atoms with Crippen molar-refractivity contribution in [1.29, 1.82) is 0 Å². The molecule has 1 aliphatic rings. The van der Waals surface area contributed by atoms with Crippen LogP contribution in [0, 0.1) is 6.92 Å². The maximum absolute atomic E-state index is 5.94. The fraction of sp³-hybridized carbons (Fsp3) is 0.450. The van der Waals surface area contributed by atoms with E-state index >= 15 is 0 Å². The lowest BCUT2D eigenvalue weighted by atomic mass is 10.1. The molecule has 1 fully saturated rings. The van der Waals surface area contributed by atoms with Gasteiger partial charge >= 0.3 is 0 Å². The second kappa shape index (κ2) is 8.23. The van der Waals surface area contributed by atoms with Crippen LogP contribution in [-0.4, -0.2) is 42.2 Å². The average molecular weight is 310 g/mol. The summed E-state index contributed by atoms with van der Waals surface area (Å²) >= 11 is 0. The fourth-order valence-electron chi connectivity index (χ4n) is 3.24. The van der Waals surface area contributed by atoms with Crippen LogP contribution in [0.1, 0.15) is 23.1 Å². The van der Waals surface area contributed by atoms with Gasteiger partial charge in [0.25, 0.3) is 0 Å². The first-order chi connectivity index (χ1) is 11.3. The van der Waals surface area contributed by atoms with Gasteiger partial charge in [0.15, 0.2) is 0 Å². The van der Waals surface area contributed by atoms with Crippen molar-refractivity contribution in [3.63, 3.8) is 0 Å². The predicted molar refractivity (Wildman–Crippen MR) is 93.6 cm³/mol. The van der Waals surface area contributed by atoms with E-state index in [0.717, 1.165) is 39.1 Å². The fourth-order valence-corrected chi connectivity index (χ4v) is 3.24. The number of morpholine rings is 1. The zero-order valence-corrected chi connectivity index (χ0v) is 13.9. The van der Waals surface area contributed by atoms with E-state index in [-0.39, 0.29) is 0 Å². The molecule has 1 aliphatic heterocycles. The summed E-state index contributed by atoms with van der Waals surface area (Å²) in [6.07, 6.45) is 7.51. The zero-order valence-electron chi connectivity index (χ0n) is 13.9. The Labute approximate surface area is 139 Å². The molecule has 1 unspecified atom stereocenters. The summed E-state index contributed by atoms with van der Waals surface area (Å²) in [6.45, 7) is 6.26. The second-order valence-corrected chi connectivity index (χ2v) is 6.39. The highest BCUT2D eigenvalue weighted by atomic mass is 16.5. The molecule has 0 N–H and O–H groups in total. The van der Waals surface area contributed by atoms with Crippen molar-refractivity contribution in [3.05, 3.63) is 65.5 Å². The van der Waals surface area contributed by atoms with Crippen LogP contribution in [0.15, 0.2) is 48.8 Å². The van der Waals surface area contributed by atoms with Gasteiger partial charge in [-0.2, -0.15) is 0 Å². The molecule has 3 rings (SSSR count). The first kappa shape index (κ1) is 16.2. The van der Waals surface area contributed by atoms with Crippen molar-refractivity contribution in [2.75, 3.05) is 26.2 Å². The summed E-state index contributed by atoms with van der Waals surface area (Å²) in [6, 6.07) is 12.7. The Kier molecular flexibility index (Phi) is 5.78. The smallest absolute Gasteiger partial charge is 0.0742 e. The SMILES string of the molecule is Cc1ccncc1CCCN1CCOC(Cc2ccccc2)C1. The number of aryl methyl sites for hydroxylation is 2. The summed E-state index contributed by atoms with van der Waals surface area (Å²) in [5, 5.41) is 0. The van der Waals surface area contributed by atoms with E-state index in [1.807, 2.05) is 12.4 Å². The van der Waals surface area contributed by atoms with Crippen LogP contribution < -0.4 is 0 Å². The minimum absolute atomic E-state index is 0.325. The third-order valence-electron chi connectivity index (χ3n) is 4.60. The van der Waals surface area contributed by atoms with Crippen molar-refractivity contribution in [2.24, 2.45) is 0 Å². The first-order valence-corrected chi connectivity index (χ1v) is 8.58. The minimum Gasteiger partial charge on any atom is -0.375 e. The summed E-state index contributed by atoms with van der Waals surface area (Å²) < 4.78 is 5.94. The van der Waals surface area contributed by atoms with Gasteiger partial charge in [-0.1, -0.05) is 30.3 Å². The van der Waals surface area contributed by atoms with Gasteiger partial charge in [0.1, 0.15) is 0 Å². The molecule has 1 atom stereocenters. The largest absolute Gasteiger partial charge is 0.375 e. The van der Waals surface area contributed by atoms with Gasteiger partial charge in [0, 0.05) is 25.5 Å². The molecule has 2 heterocycles. The number of ether oxygens (including phenoxy) is 1. The number of aromatic nitrogens is 1. The van der Waals surface area contributed by atoms with Crippen LogP contribution in [0.4, 0.5) is 0 Å². The van der Waals surface area contributed by atoms with Gasteiger partial charge in [-0.05, 0) is 55.5 Å². The number of hydrogen-bond acceptors (Lipinski definition) is 3. The Morgan fingerprint density at radius 1 is 1.22 bits per heavy atom. The van der Waals surface area contributed by atoms with Crippen LogP contribution in [0.2, 0.25) is 0 Å². The highest BCUT2D eigenvalue weighted by Crippen LogP contribution is 2.13. The topological polar surface area (TPSA) is 25.4 Å². The Morgan fingerprint density at radius 3 is 2.91 bits per heavy atom. The summed E-state index contributed by atoms with van der Waals surface area (Å²) in [5.41, 5.74) is 4.09. The Morgan fingerprint density at radius 2 is 2.09 bits per heavy atom. The maximum Gasteiger partial charge on any atom is 0.0742 e. The molecular weight excluding hydrogens is 284 g/mol. The summed E-state index contributed by atoms with van der Waals surface area (Å²) in [5.74, 6) is 0. The van der Waals surface area contributed by atoms with Crippen LogP contribution in [0.25, 0.3) is 0 Å². The lowest BCUT2D eigenvalue weighted by Gasteiger charge is -2.33.